The van der Waals surface area contributed by atoms with Gasteiger partial charge < -0.3 is 9.64 Å². The molecule has 0 saturated carbocycles. The van der Waals surface area contributed by atoms with Crippen LogP contribution < -0.4 is 9.64 Å². The van der Waals surface area contributed by atoms with Crippen LogP contribution in [0.15, 0.2) is 40.9 Å². The number of imide groups is 1. The van der Waals surface area contributed by atoms with Crippen LogP contribution in [0.3, 0.4) is 0 Å². The van der Waals surface area contributed by atoms with E-state index in [1.54, 1.807) is 30.3 Å². The van der Waals surface area contributed by atoms with Gasteiger partial charge >= 0.3 is 0 Å². The van der Waals surface area contributed by atoms with Crippen LogP contribution in [-0.4, -0.2) is 35.8 Å². The number of carbonyl (C=O) groups excluding carboxylic acids is 3. The molecule has 1 fully saturated rings. The second kappa shape index (κ2) is 9.79. The molecule has 2 heterocycles. The van der Waals surface area contributed by atoms with Gasteiger partial charge in [-0.2, -0.15) is 0 Å². The van der Waals surface area contributed by atoms with Crippen LogP contribution >= 0.6 is 85.5 Å². The highest BCUT2D eigenvalue weighted by atomic mass is 79.9. The van der Waals surface area contributed by atoms with Gasteiger partial charge in [0.1, 0.15) is 11.8 Å². The first-order valence-corrected chi connectivity index (χ1v) is 13.4. The van der Waals surface area contributed by atoms with Crippen LogP contribution in [0.2, 0.25) is 30.1 Å². The highest BCUT2D eigenvalue weighted by Crippen LogP contribution is 2.50. The molecular weight excluding hydrogens is 673 g/mol. The van der Waals surface area contributed by atoms with Crippen molar-refractivity contribution in [3.63, 3.8) is 0 Å². The molecule has 2 unspecified atom stereocenters. The number of fused-ring (bicyclic) bond motifs is 1. The lowest BCUT2D eigenvalue weighted by Gasteiger charge is -2.49. The Hall–Kier alpha value is -1.71. The minimum atomic E-state index is -1.23. The van der Waals surface area contributed by atoms with E-state index in [9.17, 15) is 14.4 Å². The average molecular weight is 684 g/mol. The SMILES string of the molecule is COc1ccc(C2C(N3C(=O)c4c(Cl)c(Cl)c(Cl)c(Cl)c4C3=O)C(=O)N2c2ccc(Cl)c(Cl)c2)cc1Br. The van der Waals surface area contributed by atoms with Crippen LogP contribution in [0.5, 0.6) is 5.75 Å². The van der Waals surface area contributed by atoms with Gasteiger partial charge in [-0.25, -0.2) is 0 Å². The third-order valence-electron chi connectivity index (χ3n) is 6.18. The number of amides is 3. The van der Waals surface area contributed by atoms with E-state index in [0.29, 0.717) is 26.5 Å². The third kappa shape index (κ3) is 4.02. The number of hydrogen-bond donors (Lipinski definition) is 0. The molecule has 3 amide bonds. The fourth-order valence-corrected chi connectivity index (χ4v) is 6.33. The van der Waals surface area contributed by atoms with Crippen molar-refractivity contribution in [3.8, 4) is 5.75 Å². The molecule has 5 rings (SSSR count). The molecule has 2 aliphatic heterocycles. The fourth-order valence-electron chi connectivity index (χ4n) is 4.47. The first kappa shape index (κ1) is 26.9. The summed E-state index contributed by atoms with van der Waals surface area (Å²) in [6.07, 6.45) is 0. The second-order valence-electron chi connectivity index (χ2n) is 8.08. The summed E-state index contributed by atoms with van der Waals surface area (Å²) in [7, 11) is 1.51. The first-order chi connectivity index (χ1) is 17.5. The predicted octanol–water partition coefficient (Wildman–Crippen LogP) is 8.13. The van der Waals surface area contributed by atoms with Gasteiger partial charge in [0.2, 0.25) is 0 Å². The Morgan fingerprint density at radius 2 is 1.32 bits per heavy atom. The van der Waals surface area contributed by atoms with Gasteiger partial charge in [-0.05, 0) is 51.8 Å². The molecule has 0 aliphatic carbocycles. The van der Waals surface area contributed by atoms with Crippen molar-refractivity contribution < 1.29 is 19.1 Å². The lowest BCUT2D eigenvalue weighted by Crippen LogP contribution is -2.67. The van der Waals surface area contributed by atoms with E-state index in [2.05, 4.69) is 15.9 Å². The summed E-state index contributed by atoms with van der Waals surface area (Å²) in [5.74, 6) is -1.60. The standard InChI is InChI=1S/C24H11BrCl6N2O4/c1-37-13-5-2-8(6-10(13)25)20-21(24(36)32(20)9-3-4-11(26)12(27)7-9)33-22(34)14-15(23(33)35)17(29)19(31)18(30)16(14)28/h2-7,20-21H,1H3. The lowest BCUT2D eigenvalue weighted by molar-refractivity contribution is -0.130. The molecule has 37 heavy (non-hydrogen) atoms. The van der Waals surface area contributed by atoms with Gasteiger partial charge in [0.25, 0.3) is 17.7 Å². The Balaban J connectivity index is 1.65. The van der Waals surface area contributed by atoms with Crippen LogP contribution in [0.25, 0.3) is 0 Å². The minimum Gasteiger partial charge on any atom is -0.496 e. The normalized spacial score (nSPS) is 18.9. The van der Waals surface area contributed by atoms with Crippen molar-refractivity contribution in [2.45, 2.75) is 12.1 Å². The van der Waals surface area contributed by atoms with E-state index < -0.39 is 29.8 Å². The van der Waals surface area contributed by atoms with Gasteiger partial charge in [0.05, 0.1) is 58.9 Å². The summed E-state index contributed by atoms with van der Waals surface area (Å²) in [4.78, 5) is 43.0. The summed E-state index contributed by atoms with van der Waals surface area (Å²) >= 11 is 40.6. The van der Waals surface area contributed by atoms with Gasteiger partial charge in [-0.15, -0.1) is 0 Å². The van der Waals surface area contributed by atoms with Gasteiger partial charge in [0.15, 0.2) is 0 Å². The summed E-state index contributed by atoms with van der Waals surface area (Å²) < 4.78 is 5.92. The maximum Gasteiger partial charge on any atom is 0.264 e. The van der Waals surface area contributed by atoms with E-state index in [1.165, 1.54) is 18.1 Å². The van der Waals surface area contributed by atoms with Gasteiger partial charge in [-0.1, -0.05) is 75.7 Å². The summed E-state index contributed by atoms with van der Waals surface area (Å²) in [6, 6.07) is 7.82. The minimum absolute atomic E-state index is 0.164. The molecule has 3 aromatic carbocycles. The quantitative estimate of drug-likeness (QED) is 0.121. The topological polar surface area (TPSA) is 66.9 Å². The Bertz CT molecular complexity index is 1500. The van der Waals surface area contributed by atoms with Crippen LogP contribution in [0.4, 0.5) is 5.69 Å². The maximum atomic E-state index is 13.6. The number of nitrogens with zero attached hydrogens (tertiary/aromatic N) is 2. The summed E-state index contributed by atoms with van der Waals surface area (Å²) in [6.45, 7) is 0. The zero-order chi connectivity index (χ0) is 26.9. The second-order valence-corrected chi connectivity index (χ2v) is 11.3. The smallest absolute Gasteiger partial charge is 0.264 e. The van der Waals surface area contributed by atoms with Crippen LogP contribution in [-0.2, 0) is 4.79 Å². The fraction of sp³-hybridized carbons (Fsp3) is 0.125. The molecule has 2 atom stereocenters. The van der Waals surface area contributed by atoms with Crippen molar-refractivity contribution in [2.75, 3.05) is 12.0 Å². The molecule has 0 N–H and O–H groups in total. The van der Waals surface area contributed by atoms with Crippen LogP contribution in [0, 0.1) is 0 Å². The van der Waals surface area contributed by atoms with E-state index in [4.69, 9.17) is 74.3 Å². The van der Waals surface area contributed by atoms with Crippen molar-refractivity contribution in [3.05, 3.63) is 87.7 Å². The molecule has 0 aromatic heterocycles. The number of rotatable bonds is 4. The van der Waals surface area contributed by atoms with E-state index in [0.717, 1.165) is 4.90 Å². The number of β-lactam (4-membered cyclic amide) rings is 1. The Morgan fingerprint density at radius 3 is 1.84 bits per heavy atom. The molecule has 3 aromatic rings. The number of benzene rings is 3. The highest BCUT2D eigenvalue weighted by Gasteiger charge is 2.58. The Morgan fingerprint density at radius 1 is 0.730 bits per heavy atom. The molecule has 2 aliphatic rings. The molecule has 0 bridgehead atoms. The molecule has 1 saturated heterocycles. The monoisotopic (exact) mass is 680 g/mol. The summed E-state index contributed by atoms with van der Waals surface area (Å²) in [5.41, 5.74) is 0.613. The molecule has 6 nitrogen and oxygen atoms in total. The summed E-state index contributed by atoms with van der Waals surface area (Å²) in [5, 5.41) is -0.232. The number of ether oxygens (including phenoxy) is 1. The van der Waals surface area contributed by atoms with E-state index in [-0.39, 0.29) is 36.2 Å². The molecule has 13 heteroatoms. The largest absolute Gasteiger partial charge is 0.496 e. The van der Waals surface area contributed by atoms with E-state index >= 15 is 0 Å². The molecule has 0 spiro atoms. The highest BCUT2D eigenvalue weighted by molar-refractivity contribution is 9.10. The number of anilines is 1. The predicted molar refractivity (Wildman–Crippen MR) is 148 cm³/mol. The average Bonchev–Trinajstić information content (AvgIpc) is 3.12. The zero-order valence-corrected chi connectivity index (χ0v) is 24.4. The maximum absolute atomic E-state index is 13.6. The first-order valence-electron chi connectivity index (χ1n) is 10.3. The van der Waals surface area contributed by atoms with Crippen molar-refractivity contribution >= 4 is 109 Å². The number of methoxy groups -OCH3 is 1. The molecule has 190 valence electrons. The lowest BCUT2D eigenvalue weighted by atomic mass is 9.86. The van der Waals surface area contributed by atoms with Crippen LogP contribution in [0.1, 0.15) is 32.3 Å². The molecule has 0 radical (unpaired) electrons. The van der Waals surface area contributed by atoms with Crippen molar-refractivity contribution in [1.29, 1.82) is 0 Å². The van der Waals surface area contributed by atoms with Gasteiger partial charge in [-0.3, -0.25) is 19.3 Å². The molecular formula is C24H11BrCl6N2O4. The third-order valence-corrected chi connectivity index (χ3v) is 9.34. The van der Waals surface area contributed by atoms with Crippen molar-refractivity contribution in [1.82, 2.24) is 4.90 Å². The van der Waals surface area contributed by atoms with Crippen molar-refractivity contribution in [2.24, 2.45) is 0 Å². The Kier molecular flexibility index (Phi) is 7.12. The Labute approximate surface area is 249 Å². The zero-order valence-electron chi connectivity index (χ0n) is 18.3. The number of halogens is 7. The van der Waals surface area contributed by atoms with E-state index in [1.807, 2.05) is 0 Å². The number of carbonyl (C=O) groups is 3. The number of hydrogen-bond acceptors (Lipinski definition) is 4. The van der Waals surface area contributed by atoms with Gasteiger partial charge in [0, 0.05) is 5.69 Å².